The van der Waals surface area contributed by atoms with Crippen molar-refractivity contribution in [1.82, 2.24) is 29.2 Å². The van der Waals surface area contributed by atoms with E-state index < -0.39 is 10.0 Å². The lowest BCUT2D eigenvalue weighted by Gasteiger charge is -2.31. The molecule has 0 radical (unpaired) electrons. The number of halogens is 1. The summed E-state index contributed by atoms with van der Waals surface area (Å²) in [6.07, 6.45) is 5.19. The molecule has 1 N–H and O–H groups in total. The van der Waals surface area contributed by atoms with Crippen LogP contribution in [0, 0.1) is 19.8 Å². The second kappa shape index (κ2) is 8.85. The molecule has 9 nitrogen and oxygen atoms in total. The molecule has 0 unspecified atom stereocenters. The minimum absolute atomic E-state index is 0.109. The highest BCUT2D eigenvalue weighted by molar-refractivity contribution is 7.89. The third-order valence-corrected chi connectivity index (χ3v) is 7.65. The van der Waals surface area contributed by atoms with Crippen molar-refractivity contribution in [1.29, 1.82) is 0 Å². The number of hydrogen-bond donors (Lipinski definition) is 1. The maximum absolute atomic E-state index is 13.0. The molecule has 1 fully saturated rings. The molecule has 0 saturated carbocycles. The lowest BCUT2D eigenvalue weighted by atomic mass is 9.99. The number of aromatic nitrogens is 4. The van der Waals surface area contributed by atoms with Crippen LogP contribution in [0.2, 0.25) is 5.02 Å². The van der Waals surface area contributed by atoms with Gasteiger partial charge in [-0.1, -0.05) is 11.6 Å². The first-order valence-electron chi connectivity index (χ1n) is 9.66. The van der Waals surface area contributed by atoms with Crippen LogP contribution in [0.5, 0.6) is 0 Å². The zero-order chi connectivity index (χ0) is 21.2. The fourth-order valence-corrected chi connectivity index (χ4v) is 5.31. The normalized spacial score (nSPS) is 18.1. The van der Waals surface area contributed by atoms with Gasteiger partial charge in [0.2, 0.25) is 15.9 Å². The Labute approximate surface area is 176 Å². The topological polar surface area (TPSA) is 102 Å². The second-order valence-electron chi connectivity index (χ2n) is 7.39. The van der Waals surface area contributed by atoms with Gasteiger partial charge in [-0.3, -0.25) is 14.2 Å². The summed E-state index contributed by atoms with van der Waals surface area (Å²) in [5, 5.41) is 11.9. The summed E-state index contributed by atoms with van der Waals surface area (Å²) in [7, 11) is -1.95. The first-order valence-corrected chi connectivity index (χ1v) is 11.5. The van der Waals surface area contributed by atoms with Crippen LogP contribution in [0.15, 0.2) is 17.3 Å². The Bertz CT molecular complexity index is 964. The molecule has 0 aromatic carbocycles. The van der Waals surface area contributed by atoms with Gasteiger partial charge in [-0.15, -0.1) is 0 Å². The number of sulfonamides is 1. The molecular formula is C18H27ClN6O3S. The van der Waals surface area contributed by atoms with Crippen LogP contribution >= 0.6 is 11.6 Å². The van der Waals surface area contributed by atoms with Gasteiger partial charge in [0.1, 0.15) is 4.90 Å². The van der Waals surface area contributed by atoms with Gasteiger partial charge in [0.15, 0.2) is 0 Å². The molecule has 11 heteroatoms. The van der Waals surface area contributed by atoms with Gasteiger partial charge in [0.05, 0.1) is 28.5 Å². The van der Waals surface area contributed by atoms with E-state index in [-0.39, 0.29) is 23.3 Å². The molecule has 0 aliphatic carbocycles. The number of rotatable bonds is 7. The molecule has 3 heterocycles. The van der Waals surface area contributed by atoms with Crippen molar-refractivity contribution in [3.8, 4) is 0 Å². The van der Waals surface area contributed by atoms with Crippen LogP contribution in [0.1, 0.15) is 30.7 Å². The first kappa shape index (κ1) is 21.8. The van der Waals surface area contributed by atoms with E-state index in [0.29, 0.717) is 49.6 Å². The summed E-state index contributed by atoms with van der Waals surface area (Å²) in [5.41, 5.74) is 1.37. The van der Waals surface area contributed by atoms with Crippen LogP contribution in [0.4, 0.5) is 0 Å². The van der Waals surface area contributed by atoms with Crippen LogP contribution in [0.3, 0.4) is 0 Å². The van der Waals surface area contributed by atoms with Crippen molar-refractivity contribution in [3.63, 3.8) is 0 Å². The Morgan fingerprint density at radius 2 is 2.14 bits per heavy atom. The van der Waals surface area contributed by atoms with E-state index in [0.717, 1.165) is 5.69 Å². The third kappa shape index (κ3) is 4.81. The Balaban J connectivity index is 1.53. The molecule has 1 aliphatic rings. The van der Waals surface area contributed by atoms with Crippen LogP contribution in [-0.2, 0) is 28.4 Å². The summed E-state index contributed by atoms with van der Waals surface area (Å²) < 4.78 is 30.6. The molecule has 160 valence electrons. The molecule has 29 heavy (non-hydrogen) atoms. The molecule has 2 aromatic rings. The number of piperidine rings is 1. The molecule has 1 aliphatic heterocycles. The lowest BCUT2D eigenvalue weighted by Crippen LogP contribution is -2.45. The average molecular weight is 443 g/mol. The van der Waals surface area contributed by atoms with Crippen molar-refractivity contribution >= 4 is 27.5 Å². The van der Waals surface area contributed by atoms with Gasteiger partial charge in [-0.25, -0.2) is 8.42 Å². The molecule has 0 spiro atoms. The monoisotopic (exact) mass is 442 g/mol. The van der Waals surface area contributed by atoms with Gasteiger partial charge in [0, 0.05) is 39.4 Å². The Kier molecular flexibility index (Phi) is 6.65. The van der Waals surface area contributed by atoms with E-state index in [1.807, 2.05) is 6.92 Å². The van der Waals surface area contributed by atoms with Gasteiger partial charge < -0.3 is 5.32 Å². The predicted octanol–water partition coefficient (Wildman–Crippen LogP) is 1.49. The van der Waals surface area contributed by atoms with Crippen molar-refractivity contribution in [2.45, 2.75) is 44.6 Å². The number of aryl methyl sites for hydroxylation is 3. The van der Waals surface area contributed by atoms with E-state index in [1.54, 1.807) is 24.9 Å². The molecule has 0 bridgehead atoms. The van der Waals surface area contributed by atoms with E-state index in [9.17, 15) is 13.2 Å². The van der Waals surface area contributed by atoms with Gasteiger partial charge in [-0.2, -0.15) is 14.5 Å². The maximum Gasteiger partial charge on any atom is 0.246 e. The average Bonchev–Trinajstić information content (AvgIpc) is 3.20. The fraction of sp³-hybridized carbons (Fsp3) is 0.611. The van der Waals surface area contributed by atoms with Crippen molar-refractivity contribution in [3.05, 3.63) is 28.8 Å². The van der Waals surface area contributed by atoms with E-state index in [1.165, 1.54) is 15.2 Å². The molecule has 1 amide bonds. The molecule has 1 atom stereocenters. The number of amides is 1. The fourth-order valence-electron chi connectivity index (χ4n) is 3.45. The van der Waals surface area contributed by atoms with E-state index in [4.69, 9.17) is 11.6 Å². The third-order valence-electron chi connectivity index (χ3n) is 5.31. The second-order valence-corrected chi connectivity index (χ2v) is 9.70. The largest absolute Gasteiger partial charge is 0.356 e. The zero-order valence-electron chi connectivity index (χ0n) is 16.9. The molecule has 2 aromatic heterocycles. The highest BCUT2D eigenvalue weighted by Crippen LogP contribution is 2.25. The van der Waals surface area contributed by atoms with Gasteiger partial charge in [-0.05, 0) is 33.1 Å². The zero-order valence-corrected chi connectivity index (χ0v) is 18.5. The van der Waals surface area contributed by atoms with Gasteiger partial charge >= 0.3 is 0 Å². The maximum atomic E-state index is 13.0. The van der Waals surface area contributed by atoms with E-state index >= 15 is 0 Å². The number of hydrogen-bond acceptors (Lipinski definition) is 5. The van der Waals surface area contributed by atoms with Crippen molar-refractivity contribution in [2.75, 3.05) is 19.6 Å². The molecule has 3 rings (SSSR count). The highest BCUT2D eigenvalue weighted by atomic mass is 35.5. The summed E-state index contributed by atoms with van der Waals surface area (Å²) >= 11 is 5.99. The Morgan fingerprint density at radius 3 is 2.76 bits per heavy atom. The molecule has 1 saturated heterocycles. The summed E-state index contributed by atoms with van der Waals surface area (Å²) in [6.45, 7) is 5.33. The van der Waals surface area contributed by atoms with E-state index in [2.05, 4.69) is 15.5 Å². The van der Waals surface area contributed by atoms with Gasteiger partial charge in [0.25, 0.3) is 0 Å². The number of nitrogens with one attached hydrogen (secondary N) is 1. The van der Waals surface area contributed by atoms with Crippen LogP contribution in [0.25, 0.3) is 0 Å². The summed E-state index contributed by atoms with van der Waals surface area (Å²) in [4.78, 5) is 12.8. The quantitative estimate of drug-likeness (QED) is 0.654. The van der Waals surface area contributed by atoms with Crippen molar-refractivity contribution < 1.29 is 13.2 Å². The minimum atomic E-state index is -3.66. The number of carbonyl (C=O) groups is 1. The molecular weight excluding hydrogens is 416 g/mol. The summed E-state index contributed by atoms with van der Waals surface area (Å²) in [6, 6.07) is 0. The van der Waals surface area contributed by atoms with Crippen LogP contribution in [-0.4, -0.2) is 57.8 Å². The van der Waals surface area contributed by atoms with Crippen LogP contribution < -0.4 is 5.32 Å². The Morgan fingerprint density at radius 1 is 1.38 bits per heavy atom. The first-order chi connectivity index (χ1) is 13.7. The highest BCUT2D eigenvalue weighted by Gasteiger charge is 2.34. The number of carbonyl (C=O) groups excluding carboxylic acids is 1. The Hall–Kier alpha value is -1.91. The smallest absolute Gasteiger partial charge is 0.246 e. The number of nitrogens with zero attached hydrogens (tertiary/aromatic N) is 5. The standard InChI is InChI=1S/C18H27ClN6O3S/c1-13-16(19)12-24(22-13)8-5-7-20-18(26)15-6-4-9-25(11-15)29(27,28)17-10-21-23(3)14(17)2/h10,12,15H,4-9,11H2,1-3H3,(H,20,26)/t15-/m1/s1. The predicted molar refractivity (Wildman–Crippen MR) is 109 cm³/mol. The minimum Gasteiger partial charge on any atom is -0.356 e. The summed E-state index contributed by atoms with van der Waals surface area (Å²) in [5.74, 6) is -0.459. The SMILES string of the molecule is Cc1nn(CCCNC(=O)[C@@H]2CCCN(S(=O)(=O)c3cnn(C)c3C)C2)cc1Cl. The lowest BCUT2D eigenvalue weighted by molar-refractivity contribution is -0.126. The van der Waals surface area contributed by atoms with Crippen molar-refractivity contribution in [2.24, 2.45) is 13.0 Å².